The van der Waals surface area contributed by atoms with Gasteiger partial charge in [0.15, 0.2) is 0 Å². The van der Waals surface area contributed by atoms with E-state index in [0.29, 0.717) is 45.8 Å². The van der Waals surface area contributed by atoms with Crippen LogP contribution in [0.2, 0.25) is 0 Å². The molecule has 0 aromatic carbocycles. The first-order valence-corrected chi connectivity index (χ1v) is 16.3. The summed E-state index contributed by atoms with van der Waals surface area (Å²) in [5.41, 5.74) is 2.96. The van der Waals surface area contributed by atoms with E-state index in [9.17, 15) is 9.59 Å². The van der Waals surface area contributed by atoms with Gasteiger partial charge in [-0.15, -0.1) is 0 Å². The quantitative estimate of drug-likeness (QED) is 0.198. The lowest BCUT2D eigenvalue weighted by molar-refractivity contribution is -0.250. The van der Waals surface area contributed by atoms with Crippen molar-refractivity contribution in [2.45, 2.75) is 132 Å². The van der Waals surface area contributed by atoms with Crippen molar-refractivity contribution in [3.8, 4) is 0 Å². The third-order valence-electron chi connectivity index (χ3n) is 14.4. The molecule has 5 fully saturated rings. The molecule has 0 heterocycles. The molecule has 5 rings (SSSR count). The van der Waals surface area contributed by atoms with Crippen molar-refractivity contribution in [1.82, 2.24) is 0 Å². The Hall–Kier alpha value is -0.690. The summed E-state index contributed by atoms with van der Waals surface area (Å²) in [6.45, 7) is 21.1. The molecule has 11 atom stereocenters. The molecular formula is C34H55O3P. The Labute approximate surface area is 235 Å². The smallest absolute Gasteiger partial charge is 0.302 e. The van der Waals surface area contributed by atoms with Gasteiger partial charge in [-0.25, -0.2) is 0 Å². The Bertz CT molecular complexity index is 1000. The van der Waals surface area contributed by atoms with Crippen molar-refractivity contribution in [3.05, 3.63) is 12.2 Å². The molecule has 0 amide bonds. The fourth-order valence-electron chi connectivity index (χ4n) is 12.5. The van der Waals surface area contributed by atoms with Gasteiger partial charge in [-0.1, -0.05) is 56.0 Å². The van der Waals surface area contributed by atoms with Crippen LogP contribution in [-0.4, -0.2) is 17.6 Å². The van der Waals surface area contributed by atoms with Gasteiger partial charge in [-0.05, 0) is 129 Å². The lowest BCUT2D eigenvalue weighted by Crippen LogP contribution is -2.66. The van der Waals surface area contributed by atoms with Crippen LogP contribution < -0.4 is 0 Å². The minimum absolute atomic E-state index is 0.0146. The zero-order valence-corrected chi connectivity index (χ0v) is 26.6. The zero-order chi connectivity index (χ0) is 27.9. The maximum Gasteiger partial charge on any atom is 0.302 e. The van der Waals surface area contributed by atoms with Gasteiger partial charge >= 0.3 is 5.97 Å². The average Bonchev–Trinajstić information content (AvgIpc) is 3.20. The Morgan fingerprint density at radius 2 is 1.55 bits per heavy atom. The summed E-state index contributed by atoms with van der Waals surface area (Å²) in [7, 11) is 2.44. The van der Waals surface area contributed by atoms with Crippen LogP contribution in [-0.2, 0) is 14.3 Å². The predicted molar refractivity (Wildman–Crippen MR) is 158 cm³/mol. The molecule has 0 bridgehead atoms. The summed E-state index contributed by atoms with van der Waals surface area (Å²) >= 11 is 0. The summed E-state index contributed by atoms with van der Waals surface area (Å²) in [4.78, 5) is 24.0. The van der Waals surface area contributed by atoms with E-state index in [0.717, 1.165) is 24.7 Å². The molecule has 0 N–H and O–H groups in total. The molecule has 214 valence electrons. The van der Waals surface area contributed by atoms with Crippen molar-refractivity contribution >= 4 is 20.7 Å². The maximum absolute atomic E-state index is 12.1. The summed E-state index contributed by atoms with van der Waals surface area (Å²) in [6.07, 6.45) is 14.4. The highest BCUT2D eigenvalue weighted by Crippen LogP contribution is 2.78. The lowest BCUT2D eigenvalue weighted by Gasteiger charge is -2.73. The molecule has 0 radical (unpaired) electrons. The summed E-state index contributed by atoms with van der Waals surface area (Å²) in [5, 5.41) is 0. The Kier molecular flexibility index (Phi) is 7.15. The van der Waals surface area contributed by atoms with E-state index in [1.165, 1.54) is 63.4 Å². The number of ether oxygens (including phenoxy) is 1. The van der Waals surface area contributed by atoms with Crippen LogP contribution in [0.25, 0.3) is 0 Å². The predicted octanol–water partition coefficient (Wildman–Crippen LogP) is 8.76. The molecule has 5 aliphatic rings. The lowest BCUT2D eigenvalue weighted by atomic mass is 9.32. The van der Waals surface area contributed by atoms with Crippen LogP contribution >= 0.6 is 9.24 Å². The third kappa shape index (κ3) is 3.97. The first kappa shape index (κ1) is 28.8. The van der Waals surface area contributed by atoms with Crippen LogP contribution in [0.5, 0.6) is 0 Å². The number of hydrogen-bond acceptors (Lipinski definition) is 3. The number of fused-ring (bicyclic) bond motifs is 7. The average molecular weight is 543 g/mol. The van der Waals surface area contributed by atoms with Crippen molar-refractivity contribution < 1.29 is 14.3 Å². The van der Waals surface area contributed by atoms with E-state index in [1.54, 1.807) is 6.92 Å². The minimum atomic E-state index is -0.127. The van der Waals surface area contributed by atoms with Gasteiger partial charge in [0.1, 0.15) is 11.6 Å². The highest BCUT2D eigenvalue weighted by Gasteiger charge is 2.70. The first-order valence-electron chi connectivity index (χ1n) is 15.7. The molecule has 4 heteroatoms. The highest BCUT2D eigenvalue weighted by molar-refractivity contribution is 7.40. The maximum atomic E-state index is 12.1. The molecular weight excluding hydrogens is 487 g/mol. The van der Waals surface area contributed by atoms with Gasteiger partial charge in [-0.2, -0.15) is 0 Å². The molecule has 0 aromatic heterocycles. The largest absolute Gasteiger partial charge is 0.462 e. The number of esters is 1. The minimum Gasteiger partial charge on any atom is -0.462 e. The molecule has 0 saturated heterocycles. The summed E-state index contributed by atoms with van der Waals surface area (Å²) < 4.78 is 5.93. The monoisotopic (exact) mass is 542 g/mol. The van der Waals surface area contributed by atoms with E-state index >= 15 is 0 Å². The second-order valence-electron chi connectivity index (χ2n) is 16.0. The second kappa shape index (κ2) is 9.42. The Morgan fingerprint density at radius 3 is 2.18 bits per heavy atom. The molecule has 0 aromatic rings. The molecule has 9 unspecified atom stereocenters. The highest BCUT2D eigenvalue weighted by atomic mass is 31.0. The van der Waals surface area contributed by atoms with Crippen LogP contribution in [0.3, 0.4) is 0 Å². The standard InChI is InChI=1S/C34H55O3P/c1-21(2)23-11-17-34(18-14-28(36)38)20-19-32(7)24(29(23)34)9-10-26-31(6)15-13-27(37-22(3)35)30(4,5)25(31)12-16-33(26,32)8/h23-27,29H,1,9-20,38H2,2-8H3/t23-,24?,25?,26?,27?,29?,31?,32+,33?,34?/m0/s1. The summed E-state index contributed by atoms with van der Waals surface area (Å²) in [6, 6.07) is 0. The Morgan fingerprint density at radius 1 is 0.842 bits per heavy atom. The van der Waals surface area contributed by atoms with E-state index in [4.69, 9.17) is 4.74 Å². The van der Waals surface area contributed by atoms with Crippen LogP contribution in [0.1, 0.15) is 126 Å². The Balaban J connectivity index is 1.49. The molecule has 0 spiro atoms. The molecule has 5 aliphatic carbocycles. The van der Waals surface area contributed by atoms with Crippen molar-refractivity contribution in [2.75, 3.05) is 0 Å². The van der Waals surface area contributed by atoms with E-state index < -0.39 is 0 Å². The van der Waals surface area contributed by atoms with Gasteiger partial charge in [0, 0.05) is 18.8 Å². The number of carbonyl (C=O) groups is 2. The van der Waals surface area contributed by atoms with Gasteiger partial charge in [0.05, 0.1) is 0 Å². The van der Waals surface area contributed by atoms with E-state index in [2.05, 4.69) is 57.4 Å². The SMILES string of the molecule is C=C(C)[C@@H]1CCC2(CCC(=O)P)CC[C@]3(C)C(CCC4C5(C)CCC(OC(C)=O)C(C)(C)C5CCC43C)C12. The molecule has 3 nitrogen and oxygen atoms in total. The van der Waals surface area contributed by atoms with Gasteiger partial charge < -0.3 is 4.74 Å². The van der Waals surface area contributed by atoms with E-state index in [1.807, 2.05) is 0 Å². The van der Waals surface area contributed by atoms with Crippen molar-refractivity contribution in [1.29, 1.82) is 0 Å². The fourth-order valence-corrected chi connectivity index (χ4v) is 12.6. The fraction of sp³-hybridized carbons (Fsp3) is 0.882. The summed E-state index contributed by atoms with van der Waals surface area (Å²) in [5.74, 6) is 3.21. The second-order valence-corrected chi connectivity index (χ2v) is 16.6. The van der Waals surface area contributed by atoms with Crippen LogP contribution in [0.15, 0.2) is 12.2 Å². The van der Waals surface area contributed by atoms with Crippen LogP contribution in [0, 0.1) is 56.7 Å². The first-order chi connectivity index (χ1) is 17.6. The van der Waals surface area contributed by atoms with Crippen molar-refractivity contribution in [2.24, 2.45) is 56.7 Å². The van der Waals surface area contributed by atoms with Crippen molar-refractivity contribution in [3.63, 3.8) is 0 Å². The molecule has 5 saturated carbocycles. The normalized spacial score (nSPS) is 49.2. The van der Waals surface area contributed by atoms with Gasteiger partial charge in [-0.3, -0.25) is 9.59 Å². The number of allylic oxidation sites excluding steroid dienone is 1. The zero-order valence-electron chi connectivity index (χ0n) is 25.5. The topological polar surface area (TPSA) is 43.4 Å². The molecule has 0 aliphatic heterocycles. The number of rotatable bonds is 5. The van der Waals surface area contributed by atoms with Crippen LogP contribution in [0.4, 0.5) is 0 Å². The number of hydrogen-bond donors (Lipinski definition) is 0. The van der Waals surface area contributed by atoms with E-state index in [-0.39, 0.29) is 23.0 Å². The van der Waals surface area contributed by atoms with Gasteiger partial charge in [0.2, 0.25) is 0 Å². The molecule has 38 heavy (non-hydrogen) atoms. The number of carbonyl (C=O) groups excluding carboxylic acids is 2. The van der Waals surface area contributed by atoms with Gasteiger partial charge in [0.25, 0.3) is 0 Å². The third-order valence-corrected chi connectivity index (χ3v) is 14.6.